The van der Waals surface area contributed by atoms with E-state index in [9.17, 15) is 0 Å². The average molecular weight is 259 g/mol. The van der Waals surface area contributed by atoms with Crippen LogP contribution in [0.15, 0.2) is 6.20 Å². The first-order chi connectivity index (χ1) is 9.25. The van der Waals surface area contributed by atoms with Crippen LogP contribution in [0.5, 0.6) is 0 Å². The molecule has 1 aliphatic heterocycles. The Morgan fingerprint density at radius 2 is 2.16 bits per heavy atom. The van der Waals surface area contributed by atoms with Gasteiger partial charge in [-0.05, 0) is 56.1 Å². The van der Waals surface area contributed by atoms with Crippen LogP contribution < -0.4 is 21.2 Å². The van der Waals surface area contributed by atoms with Gasteiger partial charge in [0.2, 0.25) is 0 Å². The Bertz CT molecular complexity index is 544. The molecule has 0 radical (unpaired) electrons. The number of H-pyrrole nitrogens is 1. The predicted octanol–water partition coefficient (Wildman–Crippen LogP) is 0.456. The topological polar surface area (TPSA) is 39.9 Å². The van der Waals surface area contributed by atoms with Crippen LogP contribution in [0.2, 0.25) is 0 Å². The number of nitrogens with one attached hydrogen (secondary N) is 3. The van der Waals surface area contributed by atoms with Crippen molar-refractivity contribution in [3.63, 3.8) is 0 Å². The van der Waals surface area contributed by atoms with Crippen molar-refractivity contribution in [3.05, 3.63) is 22.3 Å². The van der Waals surface area contributed by atoms with E-state index in [4.69, 9.17) is 0 Å². The lowest BCUT2D eigenvalue weighted by atomic mass is 9.73. The van der Waals surface area contributed by atoms with E-state index < -0.39 is 0 Å². The van der Waals surface area contributed by atoms with Crippen LogP contribution in [0.25, 0.3) is 12.2 Å². The minimum absolute atomic E-state index is 0.301. The molecular weight excluding hydrogens is 234 g/mol. The SMILES string of the molecule is CNCC1(c2c[nH]c3c2=CCC(C)C=3)CCNCC1. The van der Waals surface area contributed by atoms with Crippen LogP contribution in [-0.2, 0) is 5.41 Å². The van der Waals surface area contributed by atoms with Crippen molar-refractivity contribution < 1.29 is 0 Å². The van der Waals surface area contributed by atoms with Crippen molar-refractivity contribution in [2.75, 3.05) is 26.7 Å². The first-order valence-corrected chi connectivity index (χ1v) is 7.50. The third-order valence-corrected chi connectivity index (χ3v) is 4.74. The largest absolute Gasteiger partial charge is 0.361 e. The molecule has 2 heterocycles. The summed E-state index contributed by atoms with van der Waals surface area (Å²) >= 11 is 0. The zero-order valence-electron chi connectivity index (χ0n) is 12.1. The highest BCUT2D eigenvalue weighted by atomic mass is 14.9. The molecule has 3 N–H and O–H groups in total. The molecule has 2 aliphatic rings. The van der Waals surface area contributed by atoms with E-state index in [1.54, 1.807) is 0 Å². The second-order valence-corrected chi connectivity index (χ2v) is 6.17. The maximum absolute atomic E-state index is 3.50. The van der Waals surface area contributed by atoms with Gasteiger partial charge in [0.1, 0.15) is 0 Å². The quantitative estimate of drug-likeness (QED) is 0.738. The fraction of sp³-hybridized carbons (Fsp3) is 0.625. The van der Waals surface area contributed by atoms with Crippen LogP contribution in [0.4, 0.5) is 0 Å². The molecule has 1 unspecified atom stereocenters. The van der Waals surface area contributed by atoms with Gasteiger partial charge in [0.25, 0.3) is 0 Å². The van der Waals surface area contributed by atoms with Crippen molar-refractivity contribution in [2.45, 2.75) is 31.6 Å². The maximum atomic E-state index is 3.50. The first kappa shape index (κ1) is 12.9. The van der Waals surface area contributed by atoms with Gasteiger partial charge < -0.3 is 15.6 Å². The van der Waals surface area contributed by atoms with Gasteiger partial charge in [-0.3, -0.25) is 0 Å². The molecule has 19 heavy (non-hydrogen) atoms. The standard InChI is InChI=1S/C16H25N3/c1-12-3-4-13-14(10-19-15(13)9-12)16(11-17-2)5-7-18-8-6-16/h4,9-10,12,17-19H,3,5-8,11H2,1-2H3. The molecule has 1 saturated heterocycles. The lowest BCUT2D eigenvalue weighted by Crippen LogP contribution is -2.48. The van der Waals surface area contributed by atoms with Gasteiger partial charge in [-0.25, -0.2) is 0 Å². The summed E-state index contributed by atoms with van der Waals surface area (Å²) in [6, 6.07) is 0. The Morgan fingerprint density at radius 3 is 2.89 bits per heavy atom. The Kier molecular flexibility index (Phi) is 3.50. The number of rotatable bonds is 3. The number of hydrogen-bond donors (Lipinski definition) is 3. The number of piperidine rings is 1. The smallest absolute Gasteiger partial charge is 0.0416 e. The van der Waals surface area contributed by atoms with Crippen molar-refractivity contribution >= 4 is 12.2 Å². The van der Waals surface area contributed by atoms with E-state index in [1.807, 2.05) is 0 Å². The van der Waals surface area contributed by atoms with Gasteiger partial charge in [-0.15, -0.1) is 0 Å². The highest BCUT2D eigenvalue weighted by Crippen LogP contribution is 2.30. The summed E-state index contributed by atoms with van der Waals surface area (Å²) < 4.78 is 0. The van der Waals surface area contributed by atoms with Crippen molar-refractivity contribution in [3.8, 4) is 0 Å². The lowest BCUT2D eigenvalue weighted by Gasteiger charge is -2.37. The molecule has 1 atom stereocenters. The molecule has 3 heteroatoms. The summed E-state index contributed by atoms with van der Waals surface area (Å²) in [6.45, 7) is 5.61. The molecule has 0 saturated carbocycles. The zero-order chi connectivity index (χ0) is 13.3. The third kappa shape index (κ3) is 2.26. The molecule has 0 aromatic carbocycles. The Morgan fingerprint density at radius 1 is 1.37 bits per heavy atom. The summed E-state index contributed by atoms with van der Waals surface area (Å²) in [5.41, 5.74) is 1.83. The lowest BCUT2D eigenvalue weighted by molar-refractivity contribution is 0.299. The molecule has 1 aliphatic carbocycles. The molecule has 1 aromatic heterocycles. The van der Waals surface area contributed by atoms with Crippen molar-refractivity contribution in [2.24, 2.45) is 5.92 Å². The van der Waals surface area contributed by atoms with Crippen LogP contribution in [0.1, 0.15) is 31.7 Å². The number of hydrogen-bond acceptors (Lipinski definition) is 2. The van der Waals surface area contributed by atoms with Crippen LogP contribution in [0, 0.1) is 5.92 Å². The molecular formula is C16H25N3. The monoisotopic (exact) mass is 259 g/mol. The third-order valence-electron chi connectivity index (χ3n) is 4.74. The van der Waals surface area contributed by atoms with Crippen LogP contribution in [0.3, 0.4) is 0 Å². The van der Waals surface area contributed by atoms with Gasteiger partial charge in [0, 0.05) is 23.5 Å². The fourth-order valence-electron chi connectivity index (χ4n) is 3.69. The average Bonchev–Trinajstić information content (AvgIpc) is 2.83. The summed E-state index contributed by atoms with van der Waals surface area (Å²) in [6.07, 6.45) is 10.7. The van der Waals surface area contributed by atoms with Gasteiger partial charge in [-0.1, -0.05) is 19.1 Å². The Balaban J connectivity index is 2.07. The molecule has 0 bridgehead atoms. The van der Waals surface area contributed by atoms with Crippen molar-refractivity contribution in [1.82, 2.24) is 15.6 Å². The second kappa shape index (κ2) is 5.14. The van der Waals surface area contributed by atoms with E-state index in [0.717, 1.165) is 19.6 Å². The van der Waals surface area contributed by atoms with E-state index in [0.29, 0.717) is 11.3 Å². The Hall–Kier alpha value is -1.06. The van der Waals surface area contributed by atoms with Gasteiger partial charge in [-0.2, -0.15) is 0 Å². The molecule has 0 spiro atoms. The summed E-state index contributed by atoms with van der Waals surface area (Å²) in [5.74, 6) is 0.660. The normalized spacial score (nSPS) is 25.3. The molecule has 3 nitrogen and oxygen atoms in total. The number of aromatic amines is 1. The molecule has 3 rings (SSSR count). The van der Waals surface area contributed by atoms with Gasteiger partial charge >= 0.3 is 0 Å². The van der Waals surface area contributed by atoms with E-state index >= 15 is 0 Å². The maximum Gasteiger partial charge on any atom is 0.0416 e. The van der Waals surface area contributed by atoms with Crippen LogP contribution in [-0.4, -0.2) is 31.7 Å². The van der Waals surface area contributed by atoms with Crippen LogP contribution >= 0.6 is 0 Å². The molecule has 104 valence electrons. The minimum Gasteiger partial charge on any atom is -0.361 e. The van der Waals surface area contributed by atoms with E-state index in [2.05, 4.69) is 47.9 Å². The number of likely N-dealkylation sites (N-methyl/N-ethyl adjacent to an activating group) is 1. The summed E-state index contributed by atoms with van der Waals surface area (Å²) in [4.78, 5) is 3.50. The molecule has 1 aromatic rings. The fourth-order valence-corrected chi connectivity index (χ4v) is 3.69. The van der Waals surface area contributed by atoms with E-state index in [-0.39, 0.29) is 0 Å². The Labute approximate surface area is 115 Å². The van der Waals surface area contributed by atoms with Crippen molar-refractivity contribution in [1.29, 1.82) is 0 Å². The summed E-state index contributed by atoms with van der Waals surface area (Å²) in [5, 5.41) is 9.71. The minimum atomic E-state index is 0.301. The zero-order valence-corrected chi connectivity index (χ0v) is 12.1. The molecule has 1 fully saturated rings. The number of aromatic nitrogens is 1. The highest BCUT2D eigenvalue weighted by Gasteiger charge is 2.34. The van der Waals surface area contributed by atoms with E-state index in [1.165, 1.54) is 35.4 Å². The highest BCUT2D eigenvalue weighted by molar-refractivity contribution is 5.43. The second-order valence-electron chi connectivity index (χ2n) is 6.17. The summed E-state index contributed by atoms with van der Waals surface area (Å²) in [7, 11) is 2.07. The number of fused-ring (bicyclic) bond motifs is 1. The van der Waals surface area contributed by atoms with Gasteiger partial charge in [0.05, 0.1) is 0 Å². The first-order valence-electron chi connectivity index (χ1n) is 7.50. The predicted molar refractivity (Wildman–Crippen MR) is 80.5 cm³/mol. The molecule has 0 amide bonds. The van der Waals surface area contributed by atoms with Gasteiger partial charge in [0.15, 0.2) is 0 Å².